The standard InChI is InChI=1S/C20H16N6O3/c1-29-15-9-7-14(8-10-15)26-12-23-17(18(26)22)16(11-21)24-20(28)25-19(27)13-5-3-2-4-6-13/h2-10,12H,22H2,1H3,(H,25,27,28)/b24-16+. The number of imide groups is 1. The predicted molar refractivity (Wildman–Crippen MR) is 106 cm³/mol. The summed E-state index contributed by atoms with van der Waals surface area (Å²) in [7, 11) is 1.56. The molecule has 0 unspecified atom stereocenters. The van der Waals surface area contributed by atoms with Crippen LogP contribution in [0.15, 0.2) is 65.9 Å². The third-order valence-electron chi connectivity index (χ3n) is 3.96. The molecule has 2 aromatic carbocycles. The number of ether oxygens (including phenoxy) is 1. The van der Waals surface area contributed by atoms with Crippen molar-refractivity contribution >= 4 is 23.5 Å². The van der Waals surface area contributed by atoms with E-state index in [1.807, 2.05) is 0 Å². The molecule has 0 spiro atoms. The second-order valence-electron chi connectivity index (χ2n) is 5.74. The summed E-state index contributed by atoms with van der Waals surface area (Å²) in [4.78, 5) is 31.8. The SMILES string of the molecule is COc1ccc(-n2cnc(/C(C#N)=N/C(=O)NC(=O)c3ccccc3)c2N)cc1. The van der Waals surface area contributed by atoms with Crippen molar-refractivity contribution < 1.29 is 14.3 Å². The number of nitrogen functional groups attached to an aromatic ring is 1. The fourth-order valence-electron chi connectivity index (χ4n) is 2.51. The first kappa shape index (κ1) is 19.3. The fraction of sp³-hybridized carbons (Fsp3) is 0.0500. The number of benzene rings is 2. The summed E-state index contributed by atoms with van der Waals surface area (Å²) < 4.78 is 6.65. The van der Waals surface area contributed by atoms with Gasteiger partial charge < -0.3 is 10.5 Å². The molecule has 0 aliphatic carbocycles. The van der Waals surface area contributed by atoms with Crippen LogP contribution in [0.3, 0.4) is 0 Å². The van der Waals surface area contributed by atoms with Crippen LogP contribution < -0.4 is 15.8 Å². The molecule has 0 saturated heterocycles. The van der Waals surface area contributed by atoms with Crippen molar-refractivity contribution in [3.63, 3.8) is 0 Å². The van der Waals surface area contributed by atoms with Crippen LogP contribution in [0.25, 0.3) is 5.69 Å². The number of rotatable bonds is 4. The molecule has 3 amide bonds. The Morgan fingerprint density at radius 1 is 1.17 bits per heavy atom. The summed E-state index contributed by atoms with van der Waals surface area (Å²) in [6.07, 6.45) is 1.41. The second kappa shape index (κ2) is 8.49. The molecule has 29 heavy (non-hydrogen) atoms. The molecule has 0 radical (unpaired) electrons. The Hall–Kier alpha value is -4.45. The van der Waals surface area contributed by atoms with Crippen molar-refractivity contribution in [2.24, 2.45) is 4.99 Å². The highest BCUT2D eigenvalue weighted by atomic mass is 16.5. The lowest BCUT2D eigenvalue weighted by molar-refractivity contribution is 0.0966. The highest BCUT2D eigenvalue weighted by Crippen LogP contribution is 2.20. The van der Waals surface area contributed by atoms with Gasteiger partial charge in [-0.25, -0.2) is 9.78 Å². The van der Waals surface area contributed by atoms with Gasteiger partial charge >= 0.3 is 6.03 Å². The van der Waals surface area contributed by atoms with Crippen LogP contribution in [0.5, 0.6) is 5.75 Å². The lowest BCUT2D eigenvalue weighted by atomic mass is 10.2. The molecule has 3 aromatic rings. The third kappa shape index (κ3) is 4.28. The minimum Gasteiger partial charge on any atom is -0.497 e. The summed E-state index contributed by atoms with van der Waals surface area (Å²) >= 11 is 0. The van der Waals surface area contributed by atoms with Gasteiger partial charge in [0.25, 0.3) is 5.91 Å². The van der Waals surface area contributed by atoms with E-state index in [-0.39, 0.29) is 22.8 Å². The number of carbonyl (C=O) groups is 2. The van der Waals surface area contributed by atoms with E-state index >= 15 is 0 Å². The Labute approximate surface area is 166 Å². The Morgan fingerprint density at radius 3 is 2.48 bits per heavy atom. The maximum absolute atomic E-state index is 12.1. The molecular formula is C20H16N6O3. The molecule has 9 heteroatoms. The van der Waals surface area contributed by atoms with Gasteiger partial charge in [-0.15, -0.1) is 0 Å². The highest BCUT2D eigenvalue weighted by Gasteiger charge is 2.17. The molecule has 0 bridgehead atoms. The van der Waals surface area contributed by atoms with E-state index in [1.54, 1.807) is 67.8 Å². The van der Waals surface area contributed by atoms with Crippen LogP contribution in [-0.4, -0.2) is 34.3 Å². The van der Waals surface area contributed by atoms with Crippen LogP contribution in [0, 0.1) is 11.3 Å². The average Bonchev–Trinajstić information content (AvgIpc) is 3.13. The molecule has 0 atom stereocenters. The molecule has 9 nitrogen and oxygen atoms in total. The summed E-state index contributed by atoms with van der Waals surface area (Å²) in [5.74, 6) is 0.165. The number of imidazole rings is 1. The zero-order valence-electron chi connectivity index (χ0n) is 15.4. The van der Waals surface area contributed by atoms with Crippen molar-refractivity contribution in [2.45, 2.75) is 0 Å². The van der Waals surface area contributed by atoms with Gasteiger partial charge in [0.05, 0.1) is 7.11 Å². The first-order valence-electron chi connectivity index (χ1n) is 8.40. The Morgan fingerprint density at radius 2 is 1.86 bits per heavy atom. The van der Waals surface area contributed by atoms with Crippen molar-refractivity contribution in [1.29, 1.82) is 5.26 Å². The molecular weight excluding hydrogens is 372 g/mol. The molecule has 0 saturated carbocycles. The number of nitriles is 1. The number of methoxy groups -OCH3 is 1. The molecule has 0 aliphatic heterocycles. The number of aliphatic imine (C=N–C) groups is 1. The summed E-state index contributed by atoms with van der Waals surface area (Å²) in [6, 6.07) is 16.0. The van der Waals surface area contributed by atoms with Crippen LogP contribution in [0.4, 0.5) is 10.6 Å². The van der Waals surface area contributed by atoms with Gasteiger partial charge in [0.15, 0.2) is 5.71 Å². The van der Waals surface area contributed by atoms with E-state index < -0.39 is 11.9 Å². The first-order chi connectivity index (χ1) is 14.0. The van der Waals surface area contributed by atoms with Crippen molar-refractivity contribution in [3.8, 4) is 17.5 Å². The maximum Gasteiger partial charge on any atom is 0.349 e. The Kier molecular flexibility index (Phi) is 5.66. The van der Waals surface area contributed by atoms with E-state index in [2.05, 4.69) is 15.3 Å². The van der Waals surface area contributed by atoms with E-state index in [4.69, 9.17) is 10.5 Å². The van der Waals surface area contributed by atoms with Crippen molar-refractivity contribution in [2.75, 3.05) is 12.8 Å². The topological polar surface area (TPSA) is 135 Å². The van der Waals surface area contributed by atoms with Crippen LogP contribution >= 0.6 is 0 Å². The number of urea groups is 1. The number of nitrogens with zero attached hydrogens (tertiary/aromatic N) is 4. The Bertz CT molecular complexity index is 1110. The lowest BCUT2D eigenvalue weighted by Crippen LogP contribution is -2.28. The van der Waals surface area contributed by atoms with Gasteiger partial charge in [0.1, 0.15) is 29.7 Å². The van der Waals surface area contributed by atoms with Crippen molar-refractivity contribution in [3.05, 3.63) is 72.2 Å². The van der Waals surface area contributed by atoms with Crippen molar-refractivity contribution in [1.82, 2.24) is 14.9 Å². The van der Waals surface area contributed by atoms with E-state index in [0.29, 0.717) is 11.4 Å². The molecule has 1 heterocycles. The van der Waals surface area contributed by atoms with Crippen LogP contribution in [0.1, 0.15) is 16.1 Å². The summed E-state index contributed by atoms with van der Waals surface area (Å²) in [5, 5.41) is 11.5. The number of amides is 3. The fourth-order valence-corrected chi connectivity index (χ4v) is 2.51. The maximum atomic E-state index is 12.1. The highest BCUT2D eigenvalue weighted by molar-refractivity contribution is 6.18. The minimum absolute atomic E-state index is 0.0330. The zero-order valence-corrected chi connectivity index (χ0v) is 15.4. The summed E-state index contributed by atoms with van der Waals surface area (Å²) in [5.41, 5.74) is 6.78. The average molecular weight is 388 g/mol. The second-order valence-corrected chi connectivity index (χ2v) is 5.74. The first-order valence-corrected chi connectivity index (χ1v) is 8.40. The number of aromatic nitrogens is 2. The van der Waals surface area contributed by atoms with Gasteiger partial charge in [-0.1, -0.05) is 18.2 Å². The van der Waals surface area contributed by atoms with Gasteiger partial charge in [-0.3, -0.25) is 14.7 Å². The molecule has 0 aliphatic rings. The molecule has 3 N–H and O–H groups in total. The number of hydrogen-bond acceptors (Lipinski definition) is 6. The largest absolute Gasteiger partial charge is 0.497 e. The van der Waals surface area contributed by atoms with Gasteiger partial charge in [-0.05, 0) is 36.4 Å². The summed E-state index contributed by atoms with van der Waals surface area (Å²) in [6.45, 7) is 0. The normalized spacial score (nSPS) is 10.8. The molecule has 1 aromatic heterocycles. The van der Waals surface area contributed by atoms with Crippen LogP contribution in [0.2, 0.25) is 0 Å². The van der Waals surface area contributed by atoms with Gasteiger partial charge in [-0.2, -0.15) is 10.3 Å². The quantitative estimate of drug-likeness (QED) is 0.659. The third-order valence-corrected chi connectivity index (χ3v) is 3.96. The van der Waals surface area contributed by atoms with E-state index in [0.717, 1.165) is 0 Å². The number of anilines is 1. The molecule has 0 fully saturated rings. The minimum atomic E-state index is -0.992. The monoisotopic (exact) mass is 388 g/mol. The van der Waals surface area contributed by atoms with Crippen LogP contribution in [-0.2, 0) is 0 Å². The predicted octanol–water partition coefficient (Wildman–Crippen LogP) is 2.33. The molecule has 144 valence electrons. The van der Waals surface area contributed by atoms with E-state index in [9.17, 15) is 14.9 Å². The zero-order chi connectivity index (χ0) is 20.8. The number of carbonyl (C=O) groups excluding carboxylic acids is 2. The lowest BCUT2D eigenvalue weighted by Gasteiger charge is -2.06. The number of hydrogen-bond donors (Lipinski definition) is 2. The van der Waals surface area contributed by atoms with E-state index in [1.165, 1.54) is 10.9 Å². The smallest absolute Gasteiger partial charge is 0.349 e. The number of nitrogens with one attached hydrogen (secondary N) is 1. The van der Waals surface area contributed by atoms with Gasteiger partial charge in [0, 0.05) is 11.3 Å². The number of nitrogens with two attached hydrogens (primary N) is 1. The Balaban J connectivity index is 1.82. The molecule has 3 rings (SSSR count). The van der Waals surface area contributed by atoms with Gasteiger partial charge in [0.2, 0.25) is 0 Å².